The molecule has 0 radical (unpaired) electrons. The van der Waals surface area contributed by atoms with Crippen LogP contribution in [0.15, 0.2) is 52.1 Å². The molecule has 0 atom stereocenters. The Morgan fingerprint density at radius 3 is 2.75 bits per heavy atom. The van der Waals surface area contributed by atoms with E-state index in [1.165, 1.54) is 5.56 Å². The van der Waals surface area contributed by atoms with E-state index in [4.69, 9.17) is 20.8 Å². The minimum absolute atomic E-state index is 0.146. The molecule has 0 fully saturated rings. The third kappa shape index (κ3) is 5.74. The number of ether oxygens (including phenoxy) is 1. The van der Waals surface area contributed by atoms with Crippen LogP contribution < -0.4 is 10.1 Å². The lowest BCUT2D eigenvalue weighted by Gasteiger charge is -2.07. The molecule has 0 spiro atoms. The number of amides is 1. The quantitative estimate of drug-likeness (QED) is 0.525. The second kappa shape index (κ2) is 9.61. The second-order valence-corrected chi connectivity index (χ2v) is 7.41. The van der Waals surface area contributed by atoms with Crippen LogP contribution in [0.4, 0.5) is 5.69 Å². The van der Waals surface area contributed by atoms with Crippen molar-refractivity contribution >= 4 is 35.0 Å². The number of carbonyl (C=O) groups excluding carboxylic acids is 1. The van der Waals surface area contributed by atoms with Gasteiger partial charge in [0.25, 0.3) is 11.1 Å². The maximum atomic E-state index is 12.1. The van der Waals surface area contributed by atoms with Crippen molar-refractivity contribution in [2.45, 2.75) is 32.1 Å². The highest BCUT2D eigenvalue weighted by Gasteiger charge is 2.11. The Kier molecular flexibility index (Phi) is 6.95. The van der Waals surface area contributed by atoms with Crippen molar-refractivity contribution < 1.29 is 13.9 Å². The average Bonchev–Trinajstić information content (AvgIpc) is 3.16. The molecule has 0 aliphatic heterocycles. The van der Waals surface area contributed by atoms with Crippen LogP contribution in [-0.2, 0) is 17.8 Å². The Morgan fingerprint density at radius 2 is 2.00 bits per heavy atom. The van der Waals surface area contributed by atoms with Crippen molar-refractivity contribution in [3.63, 3.8) is 0 Å². The van der Waals surface area contributed by atoms with E-state index in [-0.39, 0.29) is 18.3 Å². The van der Waals surface area contributed by atoms with Crippen LogP contribution in [0.1, 0.15) is 23.9 Å². The summed E-state index contributed by atoms with van der Waals surface area (Å²) in [5.74, 6) is 1.06. The van der Waals surface area contributed by atoms with Gasteiger partial charge in [-0.05, 0) is 48.7 Å². The van der Waals surface area contributed by atoms with E-state index in [0.29, 0.717) is 21.8 Å². The number of hydrogen-bond acceptors (Lipinski definition) is 6. The van der Waals surface area contributed by atoms with Gasteiger partial charge in [0.2, 0.25) is 5.91 Å². The lowest BCUT2D eigenvalue weighted by molar-refractivity contribution is -0.113. The van der Waals surface area contributed by atoms with Gasteiger partial charge in [-0.15, -0.1) is 10.2 Å². The molecule has 0 aliphatic rings. The zero-order valence-electron chi connectivity index (χ0n) is 15.6. The van der Waals surface area contributed by atoms with Crippen LogP contribution in [0.5, 0.6) is 5.75 Å². The molecule has 2 aromatic carbocycles. The first-order valence-corrected chi connectivity index (χ1v) is 10.1. The monoisotopic (exact) mass is 417 g/mol. The minimum Gasteiger partial charge on any atom is -0.484 e. The zero-order valence-corrected chi connectivity index (χ0v) is 17.1. The predicted octanol–water partition coefficient (Wildman–Crippen LogP) is 4.90. The van der Waals surface area contributed by atoms with E-state index in [0.717, 1.165) is 29.5 Å². The average molecular weight is 418 g/mol. The third-order valence-corrected chi connectivity index (χ3v) is 5.00. The zero-order chi connectivity index (χ0) is 19.9. The molecule has 28 heavy (non-hydrogen) atoms. The number of benzene rings is 2. The molecule has 6 nitrogen and oxygen atoms in total. The Bertz CT molecular complexity index is 944. The lowest BCUT2D eigenvalue weighted by Crippen LogP contribution is -2.14. The second-order valence-electron chi connectivity index (χ2n) is 6.04. The number of anilines is 1. The Morgan fingerprint density at radius 1 is 1.21 bits per heavy atom. The predicted molar refractivity (Wildman–Crippen MR) is 110 cm³/mol. The van der Waals surface area contributed by atoms with Crippen molar-refractivity contribution in [2.75, 3.05) is 11.1 Å². The number of aromatic nitrogens is 2. The molecule has 0 bridgehead atoms. The van der Waals surface area contributed by atoms with Crippen molar-refractivity contribution in [1.82, 2.24) is 10.2 Å². The number of hydrogen-bond donors (Lipinski definition) is 1. The van der Waals surface area contributed by atoms with Gasteiger partial charge in [0.15, 0.2) is 6.61 Å². The van der Waals surface area contributed by atoms with Gasteiger partial charge in [-0.25, -0.2) is 0 Å². The van der Waals surface area contributed by atoms with E-state index in [1.54, 1.807) is 12.1 Å². The number of rotatable bonds is 8. The summed E-state index contributed by atoms with van der Waals surface area (Å²) in [5.41, 5.74) is 2.87. The number of thioether (sulfide) groups is 1. The molecule has 0 saturated carbocycles. The van der Waals surface area contributed by atoms with E-state index in [9.17, 15) is 4.79 Å². The van der Waals surface area contributed by atoms with Crippen LogP contribution in [0.25, 0.3) is 0 Å². The highest BCUT2D eigenvalue weighted by molar-refractivity contribution is 7.99. The van der Waals surface area contributed by atoms with Gasteiger partial charge in [0.1, 0.15) is 5.75 Å². The highest BCUT2D eigenvalue weighted by atomic mass is 35.5. The summed E-state index contributed by atoms with van der Waals surface area (Å²) >= 11 is 7.13. The number of aryl methyl sites for hydroxylation is 2. The molecule has 0 aliphatic carbocycles. The first-order valence-electron chi connectivity index (χ1n) is 8.76. The molecule has 0 saturated heterocycles. The molecule has 1 heterocycles. The van der Waals surface area contributed by atoms with Crippen LogP contribution >= 0.6 is 23.4 Å². The summed E-state index contributed by atoms with van der Waals surface area (Å²) in [6.07, 6.45) is 0.981. The normalized spacial score (nSPS) is 10.7. The summed E-state index contributed by atoms with van der Waals surface area (Å²) < 4.78 is 11.1. The summed E-state index contributed by atoms with van der Waals surface area (Å²) in [5, 5.41) is 11.6. The number of nitrogens with one attached hydrogen (secondary N) is 1. The SMILES string of the molecule is CCc1ccc(OCc2nnc(SCC(=O)Nc3cc(Cl)ccc3C)o2)cc1. The van der Waals surface area contributed by atoms with Crippen molar-refractivity contribution in [3.8, 4) is 5.75 Å². The molecule has 3 aromatic rings. The molecule has 1 amide bonds. The third-order valence-electron chi connectivity index (χ3n) is 3.94. The van der Waals surface area contributed by atoms with Crippen molar-refractivity contribution in [1.29, 1.82) is 0 Å². The smallest absolute Gasteiger partial charge is 0.277 e. The van der Waals surface area contributed by atoms with Crippen LogP contribution in [0.3, 0.4) is 0 Å². The fourth-order valence-electron chi connectivity index (χ4n) is 2.36. The maximum absolute atomic E-state index is 12.1. The maximum Gasteiger partial charge on any atom is 0.277 e. The molecule has 0 unspecified atom stereocenters. The lowest BCUT2D eigenvalue weighted by atomic mass is 10.2. The van der Waals surface area contributed by atoms with Crippen LogP contribution in [-0.4, -0.2) is 21.9 Å². The summed E-state index contributed by atoms with van der Waals surface area (Å²) in [6, 6.07) is 13.2. The van der Waals surface area contributed by atoms with Crippen molar-refractivity contribution in [2.24, 2.45) is 0 Å². The Hall–Kier alpha value is -2.51. The fraction of sp³-hybridized carbons (Fsp3) is 0.250. The van der Waals surface area contributed by atoms with Gasteiger partial charge in [0.05, 0.1) is 5.75 Å². The van der Waals surface area contributed by atoms with Gasteiger partial charge in [-0.2, -0.15) is 0 Å². The van der Waals surface area contributed by atoms with Gasteiger partial charge < -0.3 is 14.5 Å². The van der Waals surface area contributed by atoms with Gasteiger partial charge in [-0.3, -0.25) is 4.79 Å². The molecular weight excluding hydrogens is 398 g/mol. The van der Waals surface area contributed by atoms with Gasteiger partial charge >= 0.3 is 0 Å². The first kappa shape index (κ1) is 20.2. The largest absolute Gasteiger partial charge is 0.484 e. The molecule has 3 rings (SSSR count). The minimum atomic E-state index is -0.178. The number of halogens is 1. The molecule has 146 valence electrons. The van der Waals surface area contributed by atoms with E-state index < -0.39 is 0 Å². The number of nitrogens with zero attached hydrogens (tertiary/aromatic N) is 2. The van der Waals surface area contributed by atoms with E-state index in [1.807, 2.05) is 37.3 Å². The van der Waals surface area contributed by atoms with Crippen LogP contribution in [0.2, 0.25) is 5.02 Å². The highest BCUT2D eigenvalue weighted by Crippen LogP contribution is 2.22. The topological polar surface area (TPSA) is 77.2 Å². The molecular formula is C20H20ClN3O3S. The summed E-state index contributed by atoms with van der Waals surface area (Å²) in [7, 11) is 0. The van der Waals surface area contributed by atoms with E-state index >= 15 is 0 Å². The molecule has 8 heteroatoms. The fourth-order valence-corrected chi connectivity index (χ4v) is 3.12. The van der Waals surface area contributed by atoms with E-state index in [2.05, 4.69) is 22.4 Å². The molecule has 1 N–H and O–H groups in total. The van der Waals surface area contributed by atoms with Crippen LogP contribution in [0, 0.1) is 6.92 Å². The Labute approximate surface area is 172 Å². The summed E-state index contributed by atoms with van der Waals surface area (Å²) in [6.45, 7) is 4.18. The Balaban J connectivity index is 1.47. The van der Waals surface area contributed by atoms with Gasteiger partial charge in [0, 0.05) is 10.7 Å². The first-order chi connectivity index (χ1) is 13.5. The standard InChI is InChI=1S/C20H20ClN3O3S/c1-3-14-5-8-16(9-6-14)26-11-19-23-24-20(27-19)28-12-18(25)22-17-10-15(21)7-4-13(17)2/h4-10H,3,11-12H2,1-2H3,(H,22,25). The summed E-state index contributed by atoms with van der Waals surface area (Å²) in [4.78, 5) is 12.1. The molecule has 1 aromatic heterocycles. The van der Waals surface area contributed by atoms with Crippen molar-refractivity contribution in [3.05, 3.63) is 64.5 Å². The number of carbonyl (C=O) groups is 1. The van der Waals surface area contributed by atoms with Gasteiger partial charge in [-0.1, -0.05) is 48.5 Å².